The highest BCUT2D eigenvalue weighted by Crippen LogP contribution is 2.15. The van der Waals surface area contributed by atoms with Gasteiger partial charge >= 0.3 is 5.97 Å². The molecule has 1 heterocycles. The lowest BCUT2D eigenvalue weighted by atomic mass is 10.0. The van der Waals surface area contributed by atoms with Crippen molar-refractivity contribution < 1.29 is 14.3 Å². The number of methoxy groups -OCH3 is 1. The van der Waals surface area contributed by atoms with Crippen LogP contribution < -0.4 is 0 Å². The lowest BCUT2D eigenvalue weighted by Crippen LogP contribution is -2.37. The third kappa shape index (κ3) is 5.53. The van der Waals surface area contributed by atoms with E-state index in [-0.39, 0.29) is 24.2 Å². The minimum absolute atomic E-state index is 0.000631. The molecule has 0 unspecified atom stereocenters. The number of ether oxygens (including phenoxy) is 1. The van der Waals surface area contributed by atoms with E-state index in [9.17, 15) is 9.59 Å². The van der Waals surface area contributed by atoms with E-state index in [0.717, 1.165) is 18.4 Å². The van der Waals surface area contributed by atoms with Gasteiger partial charge in [-0.25, -0.2) is 0 Å². The first-order valence-corrected chi connectivity index (χ1v) is 7.36. The predicted molar refractivity (Wildman–Crippen MR) is 80.4 cm³/mol. The van der Waals surface area contributed by atoms with Gasteiger partial charge in [0.1, 0.15) is 0 Å². The van der Waals surface area contributed by atoms with E-state index in [2.05, 4.69) is 9.72 Å². The van der Waals surface area contributed by atoms with Gasteiger partial charge in [-0.2, -0.15) is 0 Å². The van der Waals surface area contributed by atoms with E-state index < -0.39 is 0 Å². The van der Waals surface area contributed by atoms with E-state index in [4.69, 9.17) is 0 Å². The monoisotopic (exact) mass is 292 g/mol. The topological polar surface area (TPSA) is 59.5 Å². The lowest BCUT2D eigenvalue weighted by Gasteiger charge is -2.26. The number of hydrogen-bond donors (Lipinski definition) is 0. The SMILES string of the molecule is CCC(CC)C(=O)N(CCC(=O)OC)Cc1cccnc1. The van der Waals surface area contributed by atoms with Gasteiger partial charge in [0.15, 0.2) is 0 Å². The molecule has 1 rings (SSSR count). The Labute approximate surface area is 126 Å². The first-order chi connectivity index (χ1) is 10.1. The zero-order valence-corrected chi connectivity index (χ0v) is 13.0. The van der Waals surface area contributed by atoms with E-state index in [1.165, 1.54) is 7.11 Å². The molecular formula is C16H24N2O3. The van der Waals surface area contributed by atoms with Crippen LogP contribution >= 0.6 is 0 Å². The molecule has 0 aromatic carbocycles. The Morgan fingerprint density at radius 2 is 2.05 bits per heavy atom. The molecule has 21 heavy (non-hydrogen) atoms. The normalized spacial score (nSPS) is 10.5. The Hall–Kier alpha value is -1.91. The summed E-state index contributed by atoms with van der Waals surface area (Å²) in [5, 5.41) is 0. The second-order valence-electron chi connectivity index (χ2n) is 4.96. The number of hydrogen-bond acceptors (Lipinski definition) is 4. The number of pyridine rings is 1. The molecule has 0 saturated carbocycles. The number of amides is 1. The third-order valence-electron chi connectivity index (χ3n) is 3.56. The molecule has 0 fully saturated rings. The van der Waals surface area contributed by atoms with Crippen LogP contribution in [-0.4, -0.2) is 35.4 Å². The smallest absolute Gasteiger partial charge is 0.307 e. The van der Waals surface area contributed by atoms with Gasteiger partial charge in [0, 0.05) is 31.4 Å². The first kappa shape index (κ1) is 17.1. The molecule has 5 heteroatoms. The molecule has 116 valence electrons. The molecule has 0 spiro atoms. The summed E-state index contributed by atoms with van der Waals surface area (Å²) in [5.41, 5.74) is 0.960. The predicted octanol–water partition coefficient (Wildman–Crippen LogP) is 2.41. The van der Waals surface area contributed by atoms with Crippen molar-refractivity contribution in [2.24, 2.45) is 5.92 Å². The van der Waals surface area contributed by atoms with E-state index in [1.807, 2.05) is 26.0 Å². The number of nitrogens with zero attached hydrogens (tertiary/aromatic N) is 2. The van der Waals surface area contributed by atoms with Crippen LogP contribution in [0.25, 0.3) is 0 Å². The quantitative estimate of drug-likeness (QED) is 0.690. The average Bonchev–Trinajstić information content (AvgIpc) is 2.53. The van der Waals surface area contributed by atoms with Crippen molar-refractivity contribution in [1.29, 1.82) is 0 Å². The van der Waals surface area contributed by atoms with Crippen LogP contribution in [-0.2, 0) is 20.9 Å². The molecular weight excluding hydrogens is 268 g/mol. The average molecular weight is 292 g/mol. The van der Waals surface area contributed by atoms with Gasteiger partial charge in [0.2, 0.25) is 5.91 Å². The van der Waals surface area contributed by atoms with E-state index >= 15 is 0 Å². The van der Waals surface area contributed by atoms with Crippen molar-refractivity contribution in [2.75, 3.05) is 13.7 Å². The van der Waals surface area contributed by atoms with Crippen LogP contribution in [0.15, 0.2) is 24.5 Å². The summed E-state index contributed by atoms with van der Waals surface area (Å²) >= 11 is 0. The maximum atomic E-state index is 12.6. The molecule has 0 aliphatic carbocycles. The molecule has 1 amide bonds. The maximum Gasteiger partial charge on any atom is 0.307 e. The number of aromatic nitrogens is 1. The number of carbonyl (C=O) groups is 2. The lowest BCUT2D eigenvalue weighted by molar-refractivity contribution is -0.142. The summed E-state index contributed by atoms with van der Waals surface area (Å²) in [7, 11) is 1.36. The fourth-order valence-corrected chi connectivity index (χ4v) is 2.20. The van der Waals surface area contributed by atoms with Gasteiger partial charge < -0.3 is 9.64 Å². The Morgan fingerprint density at radius 1 is 1.33 bits per heavy atom. The van der Waals surface area contributed by atoms with Crippen molar-refractivity contribution in [3.63, 3.8) is 0 Å². The van der Waals surface area contributed by atoms with Crippen molar-refractivity contribution in [2.45, 2.75) is 39.7 Å². The van der Waals surface area contributed by atoms with Gasteiger partial charge in [-0.3, -0.25) is 14.6 Å². The number of carbonyl (C=O) groups excluding carboxylic acids is 2. The molecule has 0 atom stereocenters. The Balaban J connectivity index is 2.78. The highest BCUT2D eigenvalue weighted by atomic mass is 16.5. The Kier molecular flexibility index (Phi) is 7.43. The minimum atomic E-state index is -0.302. The molecule has 0 bridgehead atoms. The van der Waals surface area contributed by atoms with Crippen molar-refractivity contribution >= 4 is 11.9 Å². The maximum absolute atomic E-state index is 12.6. The molecule has 0 aliphatic heterocycles. The third-order valence-corrected chi connectivity index (χ3v) is 3.56. The number of rotatable bonds is 8. The molecule has 1 aromatic heterocycles. The van der Waals surface area contributed by atoms with Crippen LogP contribution in [0.4, 0.5) is 0 Å². The standard InChI is InChI=1S/C16H24N2O3/c1-4-14(5-2)16(20)18(10-8-15(19)21-3)12-13-7-6-9-17-11-13/h6-7,9,11,14H,4-5,8,10,12H2,1-3H3. The van der Waals surface area contributed by atoms with Gasteiger partial charge in [-0.1, -0.05) is 19.9 Å². The second-order valence-corrected chi connectivity index (χ2v) is 4.96. The molecule has 0 saturated heterocycles. The van der Waals surface area contributed by atoms with Crippen LogP contribution in [0, 0.1) is 5.92 Å². The molecule has 0 N–H and O–H groups in total. The summed E-state index contributed by atoms with van der Waals surface area (Å²) < 4.78 is 4.65. The fourth-order valence-electron chi connectivity index (χ4n) is 2.20. The summed E-state index contributed by atoms with van der Waals surface area (Å²) in [6.45, 7) is 4.86. The molecule has 0 radical (unpaired) electrons. The Bertz CT molecular complexity index is 444. The summed E-state index contributed by atoms with van der Waals surface area (Å²) in [5.74, 6) is -0.212. The van der Waals surface area contributed by atoms with Gasteiger partial charge in [0.05, 0.1) is 13.5 Å². The van der Waals surface area contributed by atoms with Gasteiger partial charge in [-0.15, -0.1) is 0 Å². The fraction of sp³-hybridized carbons (Fsp3) is 0.562. The molecule has 1 aromatic rings. The molecule has 0 aliphatic rings. The van der Waals surface area contributed by atoms with E-state index in [1.54, 1.807) is 17.3 Å². The summed E-state index contributed by atoms with van der Waals surface area (Å²) in [6, 6.07) is 3.77. The van der Waals surface area contributed by atoms with Crippen molar-refractivity contribution in [1.82, 2.24) is 9.88 Å². The van der Waals surface area contributed by atoms with Crippen LogP contribution in [0.5, 0.6) is 0 Å². The van der Waals surface area contributed by atoms with Gasteiger partial charge in [0.25, 0.3) is 0 Å². The number of esters is 1. The van der Waals surface area contributed by atoms with Crippen molar-refractivity contribution in [3.8, 4) is 0 Å². The minimum Gasteiger partial charge on any atom is -0.469 e. The first-order valence-electron chi connectivity index (χ1n) is 7.36. The van der Waals surface area contributed by atoms with Crippen LogP contribution in [0.2, 0.25) is 0 Å². The van der Waals surface area contributed by atoms with Crippen LogP contribution in [0.3, 0.4) is 0 Å². The summed E-state index contributed by atoms with van der Waals surface area (Å²) in [6.07, 6.45) is 5.26. The second kappa shape index (κ2) is 9.10. The largest absolute Gasteiger partial charge is 0.469 e. The zero-order chi connectivity index (χ0) is 15.7. The van der Waals surface area contributed by atoms with Gasteiger partial charge in [-0.05, 0) is 24.5 Å². The highest BCUT2D eigenvalue weighted by Gasteiger charge is 2.22. The van der Waals surface area contributed by atoms with E-state index in [0.29, 0.717) is 13.1 Å². The molecule has 5 nitrogen and oxygen atoms in total. The highest BCUT2D eigenvalue weighted by molar-refractivity contribution is 5.79. The Morgan fingerprint density at radius 3 is 2.57 bits per heavy atom. The summed E-state index contributed by atoms with van der Waals surface area (Å²) in [4.78, 5) is 29.7. The van der Waals surface area contributed by atoms with Crippen molar-refractivity contribution in [3.05, 3.63) is 30.1 Å². The zero-order valence-electron chi connectivity index (χ0n) is 13.0. The van der Waals surface area contributed by atoms with Crippen LogP contribution in [0.1, 0.15) is 38.7 Å².